The number of nitrogens with one attached hydrogen (secondary N) is 3. The van der Waals surface area contributed by atoms with Crippen molar-refractivity contribution in [2.75, 3.05) is 35.2 Å². The van der Waals surface area contributed by atoms with E-state index in [-0.39, 0.29) is 17.4 Å². The zero-order valence-corrected chi connectivity index (χ0v) is 23.5. The highest BCUT2D eigenvalue weighted by molar-refractivity contribution is 7.99. The molecule has 5 rings (SSSR count). The van der Waals surface area contributed by atoms with Gasteiger partial charge in [0.1, 0.15) is 11.6 Å². The molecule has 0 radical (unpaired) electrons. The molecule has 0 aliphatic carbocycles. The Morgan fingerprint density at radius 1 is 1.26 bits per heavy atom. The van der Waals surface area contributed by atoms with E-state index >= 15 is 0 Å². The maximum absolute atomic E-state index is 11.8. The summed E-state index contributed by atoms with van der Waals surface area (Å²) in [7, 11) is 0. The van der Waals surface area contributed by atoms with Gasteiger partial charge in [-0.05, 0) is 54.4 Å². The highest BCUT2D eigenvalue weighted by atomic mass is 32.2. The van der Waals surface area contributed by atoms with Gasteiger partial charge in [-0.15, -0.1) is 5.10 Å². The summed E-state index contributed by atoms with van der Waals surface area (Å²) in [4.78, 5) is 19.5. The van der Waals surface area contributed by atoms with Gasteiger partial charge >= 0.3 is 0 Å². The van der Waals surface area contributed by atoms with Crippen molar-refractivity contribution in [3.63, 3.8) is 0 Å². The quantitative estimate of drug-likeness (QED) is 0.254. The summed E-state index contributed by atoms with van der Waals surface area (Å²) in [6.45, 7) is 11.2. The van der Waals surface area contributed by atoms with Crippen molar-refractivity contribution in [1.82, 2.24) is 24.8 Å². The van der Waals surface area contributed by atoms with Gasteiger partial charge in [-0.3, -0.25) is 9.89 Å². The Bertz CT molecular complexity index is 1480. The lowest BCUT2D eigenvalue weighted by atomic mass is 9.98. The van der Waals surface area contributed by atoms with E-state index in [9.17, 15) is 9.90 Å². The third-order valence-corrected chi connectivity index (χ3v) is 7.03. The molecular weight excluding hydrogens is 516 g/mol. The van der Waals surface area contributed by atoms with Crippen LogP contribution in [0.25, 0.3) is 5.52 Å². The number of fused-ring (bicyclic) bond motifs is 1. The summed E-state index contributed by atoms with van der Waals surface area (Å²) in [6.07, 6.45) is 0.930. The molecule has 1 saturated heterocycles. The van der Waals surface area contributed by atoms with Gasteiger partial charge in [-0.1, -0.05) is 20.8 Å². The minimum absolute atomic E-state index is 0.00567. The molecule has 12 heteroatoms. The molecule has 3 aromatic heterocycles. The number of aromatic nitrogens is 5. The van der Waals surface area contributed by atoms with E-state index in [0.717, 1.165) is 21.8 Å². The predicted octanol–water partition coefficient (Wildman–Crippen LogP) is 4.23. The second-order valence-corrected chi connectivity index (χ2v) is 12.0. The highest BCUT2D eigenvalue weighted by Crippen LogP contribution is 2.38. The molecule has 1 amide bonds. The molecule has 1 aliphatic rings. The Kier molecular flexibility index (Phi) is 7.52. The van der Waals surface area contributed by atoms with Crippen molar-refractivity contribution in [1.29, 1.82) is 0 Å². The van der Waals surface area contributed by atoms with Crippen LogP contribution >= 0.6 is 11.8 Å². The number of ether oxygens (including phenoxy) is 1. The number of rotatable bonds is 8. The highest BCUT2D eigenvalue weighted by Gasteiger charge is 2.34. The third kappa shape index (κ3) is 6.52. The van der Waals surface area contributed by atoms with Gasteiger partial charge in [-0.2, -0.15) is 5.10 Å². The summed E-state index contributed by atoms with van der Waals surface area (Å²) >= 11 is 1.41. The molecule has 0 bridgehead atoms. The first-order valence-electron chi connectivity index (χ1n) is 12.8. The molecule has 0 saturated carbocycles. The van der Waals surface area contributed by atoms with E-state index in [0.29, 0.717) is 42.2 Å². The fourth-order valence-electron chi connectivity index (χ4n) is 4.36. The van der Waals surface area contributed by atoms with Gasteiger partial charge in [0.25, 0.3) is 0 Å². The number of benzene rings is 1. The van der Waals surface area contributed by atoms with Crippen molar-refractivity contribution < 1.29 is 14.6 Å². The number of H-pyrrole nitrogens is 1. The molecule has 11 nitrogen and oxygen atoms in total. The standard InChI is InChI=1S/C27H34N8O3S/c1-16-11-24(32-31-16)29-25-19-7-6-10-35(19)33-26(30-25)39-23-9-8-18(28-17(2)36)12-20(23)34-13-21(37)22(14-34)38-15-27(3,4)5/h6-12,21-22,37H,13-15H2,1-5H3,(H,28,36)(H2,29,30,31,32,33). The first-order chi connectivity index (χ1) is 18.5. The van der Waals surface area contributed by atoms with Gasteiger partial charge in [0.05, 0.1) is 18.4 Å². The summed E-state index contributed by atoms with van der Waals surface area (Å²) < 4.78 is 7.86. The summed E-state index contributed by atoms with van der Waals surface area (Å²) in [5, 5.41) is 29.4. The lowest BCUT2D eigenvalue weighted by molar-refractivity contribution is -0.114. The molecule has 2 unspecified atom stereocenters. The number of aliphatic hydroxyl groups excluding tert-OH is 1. The lowest BCUT2D eigenvalue weighted by Crippen LogP contribution is -2.30. The number of carbonyl (C=O) groups excluding carboxylic acids is 1. The van der Waals surface area contributed by atoms with Crippen LogP contribution in [0.3, 0.4) is 0 Å². The Morgan fingerprint density at radius 3 is 2.79 bits per heavy atom. The Labute approximate surface area is 231 Å². The van der Waals surface area contributed by atoms with Crippen LogP contribution in [0, 0.1) is 12.3 Å². The van der Waals surface area contributed by atoms with Crippen molar-refractivity contribution in [3.8, 4) is 0 Å². The molecule has 1 aliphatic heterocycles. The van der Waals surface area contributed by atoms with E-state index in [1.165, 1.54) is 18.7 Å². The summed E-state index contributed by atoms with van der Waals surface area (Å²) in [5.41, 5.74) is 3.29. The van der Waals surface area contributed by atoms with Crippen molar-refractivity contribution >= 4 is 46.2 Å². The number of carbonyl (C=O) groups is 1. The molecule has 2 atom stereocenters. The molecular formula is C27H34N8O3S. The Balaban J connectivity index is 1.45. The lowest BCUT2D eigenvalue weighted by Gasteiger charge is -2.24. The van der Waals surface area contributed by atoms with Crippen LogP contribution in [-0.2, 0) is 9.53 Å². The Morgan fingerprint density at radius 2 is 2.08 bits per heavy atom. The predicted molar refractivity (Wildman–Crippen MR) is 152 cm³/mol. The van der Waals surface area contributed by atoms with Gasteiger partial charge in [0.2, 0.25) is 11.1 Å². The summed E-state index contributed by atoms with van der Waals surface area (Å²) in [5.74, 6) is 1.14. The first-order valence-corrected chi connectivity index (χ1v) is 13.6. The van der Waals surface area contributed by atoms with Gasteiger partial charge < -0.3 is 25.4 Å². The van der Waals surface area contributed by atoms with Gasteiger partial charge in [-0.25, -0.2) is 9.50 Å². The van der Waals surface area contributed by atoms with E-state index in [1.807, 2.05) is 49.5 Å². The fourth-order valence-corrected chi connectivity index (χ4v) is 5.25. The van der Waals surface area contributed by atoms with Crippen LogP contribution in [0.1, 0.15) is 33.4 Å². The molecule has 0 spiro atoms. The number of β-amino-alcohol motifs (C(OH)–C–C–N with tert-alkyl or cyclic N) is 1. The molecule has 1 fully saturated rings. The van der Waals surface area contributed by atoms with Crippen LogP contribution in [0.2, 0.25) is 0 Å². The fraction of sp³-hybridized carbons (Fsp3) is 0.407. The number of hydrogen-bond acceptors (Lipinski definition) is 9. The van der Waals surface area contributed by atoms with Crippen LogP contribution in [-0.4, -0.2) is 67.7 Å². The van der Waals surface area contributed by atoms with Crippen molar-refractivity contribution in [2.24, 2.45) is 5.41 Å². The second kappa shape index (κ2) is 10.9. The largest absolute Gasteiger partial charge is 0.388 e. The maximum Gasteiger partial charge on any atom is 0.221 e. The topological polar surface area (TPSA) is 133 Å². The van der Waals surface area contributed by atoms with Crippen molar-refractivity contribution in [2.45, 2.75) is 56.9 Å². The normalized spacial score (nSPS) is 17.6. The molecule has 4 heterocycles. The second-order valence-electron chi connectivity index (χ2n) is 11.0. The van der Waals surface area contributed by atoms with Crippen LogP contribution in [0.5, 0.6) is 0 Å². The molecule has 4 aromatic rings. The zero-order chi connectivity index (χ0) is 27.7. The summed E-state index contributed by atoms with van der Waals surface area (Å²) in [6, 6.07) is 11.5. The monoisotopic (exact) mass is 550 g/mol. The van der Waals surface area contributed by atoms with E-state index in [1.54, 1.807) is 4.52 Å². The first kappa shape index (κ1) is 27.0. The van der Waals surface area contributed by atoms with Gasteiger partial charge in [0.15, 0.2) is 11.6 Å². The van der Waals surface area contributed by atoms with Crippen molar-refractivity contribution in [3.05, 3.63) is 48.3 Å². The minimum Gasteiger partial charge on any atom is -0.388 e. The van der Waals surface area contributed by atoms with E-state index in [4.69, 9.17) is 14.8 Å². The average Bonchev–Trinajstić information content (AvgIpc) is 3.58. The SMILES string of the molecule is CC(=O)Nc1ccc(Sc2nc(Nc3cc(C)[nH]n3)c3cccn3n2)c(N2CC(O)C(OCC(C)(C)C)C2)c1. The zero-order valence-electron chi connectivity index (χ0n) is 22.7. The van der Waals surface area contributed by atoms with Crippen LogP contribution in [0.4, 0.5) is 23.0 Å². The molecule has 39 heavy (non-hydrogen) atoms. The number of anilines is 4. The molecule has 4 N–H and O–H groups in total. The van der Waals surface area contributed by atoms with Gasteiger partial charge in [0, 0.05) is 48.6 Å². The number of aliphatic hydroxyl groups is 1. The smallest absolute Gasteiger partial charge is 0.221 e. The number of hydrogen-bond donors (Lipinski definition) is 4. The van der Waals surface area contributed by atoms with Crippen LogP contribution < -0.4 is 15.5 Å². The van der Waals surface area contributed by atoms with Crippen LogP contribution in [0.15, 0.2) is 52.6 Å². The number of amides is 1. The number of nitrogens with zero attached hydrogens (tertiary/aromatic N) is 5. The van der Waals surface area contributed by atoms with E-state index in [2.05, 4.69) is 46.5 Å². The number of aromatic amines is 1. The average molecular weight is 551 g/mol. The van der Waals surface area contributed by atoms with E-state index < -0.39 is 6.10 Å². The maximum atomic E-state index is 11.8. The molecule has 206 valence electrons. The number of aryl methyl sites for hydroxylation is 1. The molecule has 1 aromatic carbocycles. The third-order valence-electron chi connectivity index (χ3n) is 6.11. The Hall–Kier alpha value is -3.61. The minimum atomic E-state index is -0.629.